The summed E-state index contributed by atoms with van der Waals surface area (Å²) in [6.45, 7) is 4.29. The van der Waals surface area contributed by atoms with E-state index < -0.39 is 10.0 Å². The van der Waals surface area contributed by atoms with Gasteiger partial charge in [-0.3, -0.25) is 4.79 Å². The van der Waals surface area contributed by atoms with Crippen molar-refractivity contribution in [2.75, 3.05) is 32.4 Å². The molecule has 10 heteroatoms. The molecule has 2 aromatic rings. The van der Waals surface area contributed by atoms with Crippen molar-refractivity contribution in [1.29, 1.82) is 0 Å². The fraction of sp³-hybridized carbons (Fsp3) is 0.438. The van der Waals surface area contributed by atoms with Gasteiger partial charge in [0.25, 0.3) is 5.91 Å². The fourth-order valence-electron chi connectivity index (χ4n) is 2.99. The van der Waals surface area contributed by atoms with Crippen molar-refractivity contribution < 1.29 is 17.7 Å². The summed E-state index contributed by atoms with van der Waals surface area (Å²) in [5.41, 5.74) is 0.892. The maximum Gasteiger partial charge on any atom is 0.256 e. The molecule has 2 aromatic heterocycles. The Balaban J connectivity index is 1.74. The third-order valence-corrected chi connectivity index (χ3v) is 7.14. The maximum absolute atomic E-state index is 12.8. The van der Waals surface area contributed by atoms with Gasteiger partial charge >= 0.3 is 0 Å². The second-order valence-corrected chi connectivity index (χ2v) is 8.58. The van der Waals surface area contributed by atoms with Crippen LogP contribution in [0.25, 0.3) is 0 Å². The molecule has 0 saturated carbocycles. The molecule has 140 valence electrons. The topological polar surface area (TPSA) is 96.6 Å². The Bertz CT molecular complexity index is 899. The van der Waals surface area contributed by atoms with Crippen molar-refractivity contribution in [1.82, 2.24) is 19.3 Å². The number of rotatable bonds is 4. The first-order chi connectivity index (χ1) is 12.4. The Morgan fingerprint density at radius 1 is 1.23 bits per heavy atom. The summed E-state index contributed by atoms with van der Waals surface area (Å²) < 4.78 is 32.1. The number of aryl methyl sites for hydroxylation is 2. The van der Waals surface area contributed by atoms with E-state index in [2.05, 4.69) is 10.1 Å². The van der Waals surface area contributed by atoms with Gasteiger partial charge in [-0.2, -0.15) is 4.31 Å². The summed E-state index contributed by atoms with van der Waals surface area (Å²) in [5.74, 6) is 0.151. The number of carbonyl (C=O) groups is 1. The van der Waals surface area contributed by atoms with Crippen LogP contribution in [0.3, 0.4) is 0 Å². The minimum Gasteiger partial charge on any atom is -0.360 e. The molecule has 1 aliphatic rings. The van der Waals surface area contributed by atoms with Crippen LogP contribution in [0.5, 0.6) is 0 Å². The summed E-state index contributed by atoms with van der Waals surface area (Å²) >= 11 is 1.41. The normalized spacial score (nSPS) is 16.0. The van der Waals surface area contributed by atoms with E-state index in [1.165, 1.54) is 16.1 Å². The molecule has 0 aliphatic carbocycles. The second kappa shape index (κ2) is 7.37. The standard InChI is InChI=1S/C16H20N4O4S2/c1-11-14(12(2)24-18-11)26(22,23)20-9-7-19(8-10-20)16(21)13-5-4-6-17-15(13)25-3/h4-6H,7-10H2,1-3H3. The third-order valence-electron chi connectivity index (χ3n) is 4.29. The lowest BCUT2D eigenvalue weighted by molar-refractivity contribution is 0.0693. The average molecular weight is 396 g/mol. The smallest absolute Gasteiger partial charge is 0.256 e. The van der Waals surface area contributed by atoms with E-state index in [1.54, 1.807) is 37.1 Å². The lowest BCUT2D eigenvalue weighted by Gasteiger charge is -2.34. The number of nitrogens with zero attached hydrogens (tertiary/aromatic N) is 4. The number of hydrogen-bond acceptors (Lipinski definition) is 7. The van der Waals surface area contributed by atoms with Crippen LogP contribution in [0.2, 0.25) is 0 Å². The number of pyridine rings is 1. The summed E-state index contributed by atoms with van der Waals surface area (Å²) in [7, 11) is -3.68. The molecule has 0 bridgehead atoms. The lowest BCUT2D eigenvalue weighted by Crippen LogP contribution is -2.50. The zero-order chi connectivity index (χ0) is 18.9. The van der Waals surface area contributed by atoms with E-state index in [1.807, 2.05) is 6.26 Å². The van der Waals surface area contributed by atoms with E-state index >= 15 is 0 Å². The number of sulfonamides is 1. The van der Waals surface area contributed by atoms with Gasteiger partial charge in [0.1, 0.15) is 15.6 Å². The third kappa shape index (κ3) is 3.36. The molecule has 1 amide bonds. The van der Waals surface area contributed by atoms with Crippen LogP contribution in [-0.4, -0.2) is 66.1 Å². The van der Waals surface area contributed by atoms with Gasteiger partial charge in [0.15, 0.2) is 5.76 Å². The van der Waals surface area contributed by atoms with Gasteiger partial charge in [0, 0.05) is 32.4 Å². The van der Waals surface area contributed by atoms with Crippen molar-refractivity contribution in [2.24, 2.45) is 0 Å². The van der Waals surface area contributed by atoms with Gasteiger partial charge in [-0.05, 0) is 32.2 Å². The van der Waals surface area contributed by atoms with Crippen molar-refractivity contribution in [2.45, 2.75) is 23.8 Å². The highest BCUT2D eigenvalue weighted by Gasteiger charge is 2.34. The van der Waals surface area contributed by atoms with Crippen molar-refractivity contribution in [3.8, 4) is 0 Å². The van der Waals surface area contributed by atoms with E-state index in [0.29, 0.717) is 29.4 Å². The number of piperazine rings is 1. The first-order valence-corrected chi connectivity index (χ1v) is 10.7. The SMILES string of the molecule is CSc1ncccc1C(=O)N1CCN(S(=O)(=O)c2c(C)noc2C)CC1. The fourth-order valence-corrected chi connectivity index (χ4v) is 5.24. The molecule has 1 aliphatic heterocycles. The monoisotopic (exact) mass is 396 g/mol. The van der Waals surface area contributed by atoms with Crippen LogP contribution >= 0.6 is 11.8 Å². The van der Waals surface area contributed by atoms with Gasteiger partial charge in [-0.1, -0.05) is 5.16 Å². The van der Waals surface area contributed by atoms with Gasteiger partial charge in [-0.25, -0.2) is 13.4 Å². The molecule has 0 N–H and O–H groups in total. The quantitative estimate of drug-likeness (QED) is 0.724. The molecule has 0 atom stereocenters. The number of aromatic nitrogens is 2. The summed E-state index contributed by atoms with van der Waals surface area (Å²) in [6.07, 6.45) is 3.52. The Labute approximate surface area is 156 Å². The van der Waals surface area contributed by atoms with Crippen LogP contribution in [-0.2, 0) is 10.0 Å². The van der Waals surface area contributed by atoms with Gasteiger partial charge in [0.05, 0.1) is 5.56 Å². The molecule has 0 radical (unpaired) electrons. The Hall–Kier alpha value is -1.91. The highest BCUT2D eigenvalue weighted by molar-refractivity contribution is 7.98. The number of amides is 1. The zero-order valence-electron chi connectivity index (χ0n) is 14.8. The van der Waals surface area contributed by atoms with Crippen LogP contribution in [0, 0.1) is 13.8 Å². The minimum atomic E-state index is -3.68. The lowest BCUT2D eigenvalue weighted by atomic mass is 10.2. The van der Waals surface area contributed by atoms with E-state index in [-0.39, 0.29) is 29.7 Å². The predicted octanol–water partition coefficient (Wildman–Crippen LogP) is 1.56. The van der Waals surface area contributed by atoms with Crippen LogP contribution in [0.1, 0.15) is 21.8 Å². The Kier molecular flexibility index (Phi) is 5.35. The molecule has 0 unspecified atom stereocenters. The molecular formula is C16H20N4O4S2. The molecule has 1 fully saturated rings. The highest BCUT2D eigenvalue weighted by Crippen LogP contribution is 2.25. The highest BCUT2D eigenvalue weighted by atomic mass is 32.2. The molecule has 1 saturated heterocycles. The molecule has 26 heavy (non-hydrogen) atoms. The number of thioether (sulfide) groups is 1. The second-order valence-electron chi connectivity index (χ2n) is 5.91. The average Bonchev–Trinajstić information content (AvgIpc) is 3.00. The van der Waals surface area contributed by atoms with Crippen molar-refractivity contribution in [3.63, 3.8) is 0 Å². The molecule has 0 aromatic carbocycles. The predicted molar refractivity (Wildman–Crippen MR) is 96.7 cm³/mol. The van der Waals surface area contributed by atoms with Crippen molar-refractivity contribution in [3.05, 3.63) is 35.3 Å². The molecule has 0 spiro atoms. The van der Waals surface area contributed by atoms with Gasteiger partial charge in [0.2, 0.25) is 10.0 Å². The summed E-state index contributed by atoms with van der Waals surface area (Å²) in [5, 5.41) is 4.39. The van der Waals surface area contributed by atoms with E-state index in [9.17, 15) is 13.2 Å². The molecule has 8 nitrogen and oxygen atoms in total. The summed E-state index contributed by atoms with van der Waals surface area (Å²) in [6, 6.07) is 3.47. The van der Waals surface area contributed by atoms with Crippen molar-refractivity contribution >= 4 is 27.7 Å². The summed E-state index contributed by atoms with van der Waals surface area (Å²) in [4.78, 5) is 18.7. The van der Waals surface area contributed by atoms with Gasteiger partial charge in [-0.15, -0.1) is 11.8 Å². The Morgan fingerprint density at radius 2 is 1.92 bits per heavy atom. The van der Waals surface area contributed by atoms with Crippen LogP contribution < -0.4 is 0 Å². The maximum atomic E-state index is 12.8. The largest absolute Gasteiger partial charge is 0.360 e. The first kappa shape index (κ1) is 18.9. The van der Waals surface area contributed by atoms with Gasteiger partial charge < -0.3 is 9.42 Å². The zero-order valence-corrected chi connectivity index (χ0v) is 16.4. The van der Waals surface area contributed by atoms with E-state index in [4.69, 9.17) is 4.52 Å². The first-order valence-electron chi connectivity index (χ1n) is 8.07. The molecule has 3 heterocycles. The van der Waals surface area contributed by atoms with E-state index in [0.717, 1.165) is 0 Å². The number of carbonyl (C=O) groups excluding carboxylic acids is 1. The minimum absolute atomic E-state index is 0.120. The Morgan fingerprint density at radius 3 is 2.50 bits per heavy atom. The van der Waals surface area contributed by atoms with Crippen LogP contribution in [0.4, 0.5) is 0 Å². The molecule has 3 rings (SSSR count). The molecular weight excluding hydrogens is 376 g/mol. The van der Waals surface area contributed by atoms with Crippen LogP contribution in [0.15, 0.2) is 32.8 Å². The number of hydrogen-bond donors (Lipinski definition) is 0.